The Morgan fingerprint density at radius 1 is 1.50 bits per heavy atom. The van der Waals surface area contributed by atoms with Crippen molar-refractivity contribution in [2.45, 2.75) is 20.0 Å². The van der Waals surface area contributed by atoms with Crippen LogP contribution >= 0.6 is 11.6 Å². The van der Waals surface area contributed by atoms with Crippen molar-refractivity contribution in [3.63, 3.8) is 0 Å². The fourth-order valence-corrected chi connectivity index (χ4v) is 1.61. The van der Waals surface area contributed by atoms with Crippen LogP contribution in [0, 0.1) is 0 Å². The first-order chi connectivity index (χ1) is 6.56. The van der Waals surface area contributed by atoms with E-state index in [0.29, 0.717) is 5.02 Å². The highest BCUT2D eigenvalue weighted by atomic mass is 35.5. The minimum absolute atomic E-state index is 0.511. The number of aliphatic hydroxyl groups excluding tert-OH is 1. The molecule has 1 N–H and O–H groups in total. The number of rotatable bonds is 3. The lowest BCUT2D eigenvalue weighted by Gasteiger charge is -2.18. The Morgan fingerprint density at radius 2 is 2.14 bits per heavy atom. The Morgan fingerprint density at radius 3 is 2.57 bits per heavy atom. The lowest BCUT2D eigenvalue weighted by Crippen LogP contribution is -2.15. The molecule has 0 spiro atoms. The van der Waals surface area contributed by atoms with E-state index in [2.05, 4.69) is 11.8 Å². The van der Waals surface area contributed by atoms with Crippen LogP contribution in [-0.4, -0.2) is 18.7 Å². The number of halogens is 1. The minimum atomic E-state index is -0.511. The normalized spacial score (nSPS) is 12.6. The van der Waals surface area contributed by atoms with Gasteiger partial charge in [0.1, 0.15) is 0 Å². The molecule has 14 heavy (non-hydrogen) atoms. The van der Waals surface area contributed by atoms with E-state index in [-0.39, 0.29) is 0 Å². The largest absolute Gasteiger partial charge is 0.389 e. The van der Waals surface area contributed by atoms with Gasteiger partial charge >= 0.3 is 0 Å². The second kappa shape index (κ2) is 4.67. The van der Waals surface area contributed by atoms with Crippen molar-refractivity contribution in [2.75, 3.05) is 18.5 Å². The minimum Gasteiger partial charge on any atom is -0.389 e. The van der Waals surface area contributed by atoms with E-state index < -0.39 is 6.10 Å². The third-order valence-electron chi connectivity index (χ3n) is 2.35. The number of aliphatic hydroxyl groups is 1. The van der Waals surface area contributed by atoms with Gasteiger partial charge in [-0.3, -0.25) is 0 Å². The lowest BCUT2D eigenvalue weighted by molar-refractivity contribution is 0.199. The third kappa shape index (κ3) is 2.40. The summed E-state index contributed by atoms with van der Waals surface area (Å²) in [4.78, 5) is 2.09. The SMILES string of the molecule is CCN(C)c1ccc(C(C)O)c(Cl)c1. The zero-order valence-corrected chi connectivity index (χ0v) is 9.54. The van der Waals surface area contributed by atoms with E-state index in [9.17, 15) is 5.11 Å². The van der Waals surface area contributed by atoms with E-state index in [1.165, 1.54) is 0 Å². The first-order valence-electron chi connectivity index (χ1n) is 4.75. The predicted molar refractivity (Wildman–Crippen MR) is 61.0 cm³/mol. The van der Waals surface area contributed by atoms with Crippen LogP contribution in [0.4, 0.5) is 5.69 Å². The highest BCUT2D eigenvalue weighted by Crippen LogP contribution is 2.27. The molecule has 0 aliphatic rings. The van der Waals surface area contributed by atoms with E-state index in [1.807, 2.05) is 25.2 Å². The van der Waals surface area contributed by atoms with Crippen LogP contribution < -0.4 is 4.90 Å². The van der Waals surface area contributed by atoms with Crippen LogP contribution in [0.1, 0.15) is 25.5 Å². The second-order valence-electron chi connectivity index (χ2n) is 3.40. The van der Waals surface area contributed by atoms with Crippen LogP contribution in [-0.2, 0) is 0 Å². The molecule has 0 fully saturated rings. The molecule has 0 aliphatic heterocycles. The maximum absolute atomic E-state index is 9.39. The average Bonchev–Trinajstić information content (AvgIpc) is 2.15. The molecule has 3 heteroatoms. The summed E-state index contributed by atoms with van der Waals surface area (Å²) < 4.78 is 0. The number of nitrogens with zero attached hydrogens (tertiary/aromatic N) is 1. The Bertz CT molecular complexity index is 312. The Balaban J connectivity index is 3.00. The van der Waals surface area contributed by atoms with Gasteiger partial charge in [-0.2, -0.15) is 0 Å². The molecule has 1 atom stereocenters. The molecule has 1 aromatic carbocycles. The molecule has 1 aromatic rings. The van der Waals surface area contributed by atoms with E-state index in [1.54, 1.807) is 6.92 Å². The van der Waals surface area contributed by atoms with Crippen LogP contribution in [0.25, 0.3) is 0 Å². The van der Waals surface area contributed by atoms with E-state index in [4.69, 9.17) is 11.6 Å². The first kappa shape index (κ1) is 11.3. The molecule has 1 unspecified atom stereocenters. The molecule has 0 amide bonds. The summed E-state index contributed by atoms with van der Waals surface area (Å²) in [6.45, 7) is 4.73. The molecule has 2 nitrogen and oxygen atoms in total. The maximum Gasteiger partial charge on any atom is 0.0776 e. The van der Waals surface area contributed by atoms with Gasteiger partial charge in [-0.05, 0) is 31.5 Å². The topological polar surface area (TPSA) is 23.5 Å². The summed E-state index contributed by atoms with van der Waals surface area (Å²) in [5.74, 6) is 0. The molecule has 0 bridgehead atoms. The number of anilines is 1. The van der Waals surface area contributed by atoms with Gasteiger partial charge in [-0.25, -0.2) is 0 Å². The summed E-state index contributed by atoms with van der Waals surface area (Å²) in [6.07, 6.45) is -0.511. The molecule has 0 heterocycles. The van der Waals surface area contributed by atoms with E-state index in [0.717, 1.165) is 17.8 Å². The highest BCUT2D eigenvalue weighted by Gasteiger charge is 2.08. The smallest absolute Gasteiger partial charge is 0.0776 e. The van der Waals surface area contributed by atoms with E-state index >= 15 is 0 Å². The van der Waals surface area contributed by atoms with Crippen molar-refractivity contribution < 1.29 is 5.11 Å². The van der Waals surface area contributed by atoms with Crippen LogP contribution in [0.3, 0.4) is 0 Å². The van der Waals surface area contributed by atoms with Crippen LogP contribution in [0.2, 0.25) is 5.02 Å². The van der Waals surface area contributed by atoms with Crippen molar-refractivity contribution in [2.24, 2.45) is 0 Å². The summed E-state index contributed by atoms with van der Waals surface area (Å²) in [5.41, 5.74) is 1.85. The number of benzene rings is 1. The quantitative estimate of drug-likeness (QED) is 0.835. The predicted octanol–water partition coefficient (Wildman–Crippen LogP) is 2.85. The molecule has 78 valence electrons. The molecular weight excluding hydrogens is 198 g/mol. The van der Waals surface area contributed by atoms with Crippen LogP contribution in [0.15, 0.2) is 18.2 Å². The molecule has 0 aromatic heterocycles. The third-order valence-corrected chi connectivity index (χ3v) is 2.68. The van der Waals surface area contributed by atoms with Gasteiger partial charge < -0.3 is 10.0 Å². The standard InChI is InChI=1S/C11H16ClNO/c1-4-13(3)9-5-6-10(8(2)14)11(12)7-9/h5-8,14H,4H2,1-3H3. The van der Waals surface area contributed by atoms with Gasteiger partial charge in [0.05, 0.1) is 6.10 Å². The van der Waals surface area contributed by atoms with Crippen molar-refractivity contribution in [1.82, 2.24) is 0 Å². The Hall–Kier alpha value is -0.730. The molecule has 0 saturated heterocycles. The molecule has 1 rings (SSSR count). The van der Waals surface area contributed by atoms with Gasteiger partial charge in [0.25, 0.3) is 0 Å². The molecular formula is C11H16ClNO. The van der Waals surface area contributed by atoms with Crippen molar-refractivity contribution in [1.29, 1.82) is 0 Å². The molecule has 0 saturated carbocycles. The highest BCUT2D eigenvalue weighted by molar-refractivity contribution is 6.31. The van der Waals surface area contributed by atoms with Gasteiger partial charge in [0, 0.05) is 24.3 Å². The number of hydrogen-bond acceptors (Lipinski definition) is 2. The second-order valence-corrected chi connectivity index (χ2v) is 3.80. The zero-order chi connectivity index (χ0) is 10.7. The molecule has 0 radical (unpaired) electrons. The maximum atomic E-state index is 9.39. The van der Waals surface area contributed by atoms with Crippen molar-refractivity contribution in [3.8, 4) is 0 Å². The monoisotopic (exact) mass is 213 g/mol. The zero-order valence-electron chi connectivity index (χ0n) is 8.79. The number of hydrogen-bond donors (Lipinski definition) is 1. The van der Waals surface area contributed by atoms with Gasteiger partial charge in [-0.15, -0.1) is 0 Å². The fourth-order valence-electron chi connectivity index (χ4n) is 1.27. The summed E-state index contributed by atoms with van der Waals surface area (Å²) in [7, 11) is 2.01. The van der Waals surface area contributed by atoms with Crippen LogP contribution in [0.5, 0.6) is 0 Å². The van der Waals surface area contributed by atoms with Gasteiger partial charge in [-0.1, -0.05) is 17.7 Å². The van der Waals surface area contributed by atoms with Crippen molar-refractivity contribution >= 4 is 17.3 Å². The van der Waals surface area contributed by atoms with Gasteiger partial charge in [0.15, 0.2) is 0 Å². The Labute approximate surface area is 90.1 Å². The van der Waals surface area contributed by atoms with Crippen molar-refractivity contribution in [3.05, 3.63) is 28.8 Å². The summed E-state index contributed by atoms with van der Waals surface area (Å²) in [6, 6.07) is 5.72. The van der Waals surface area contributed by atoms with Gasteiger partial charge in [0.2, 0.25) is 0 Å². The summed E-state index contributed by atoms with van der Waals surface area (Å²) >= 11 is 6.04. The lowest BCUT2D eigenvalue weighted by atomic mass is 10.1. The average molecular weight is 214 g/mol. The fraction of sp³-hybridized carbons (Fsp3) is 0.455. The summed E-state index contributed by atoms with van der Waals surface area (Å²) in [5, 5.41) is 10.0. The first-order valence-corrected chi connectivity index (χ1v) is 5.12. The molecule has 0 aliphatic carbocycles. The Kier molecular flexibility index (Phi) is 3.78.